The van der Waals surface area contributed by atoms with E-state index in [1.54, 1.807) is 12.3 Å². The second kappa shape index (κ2) is 5.59. The number of halogens is 2. The molecule has 19 heavy (non-hydrogen) atoms. The normalized spacial score (nSPS) is 10.2. The van der Waals surface area contributed by atoms with E-state index >= 15 is 0 Å². The Morgan fingerprint density at radius 1 is 1.47 bits per heavy atom. The summed E-state index contributed by atoms with van der Waals surface area (Å²) in [5.74, 6) is -0.000961. The molecule has 0 N–H and O–H groups in total. The molecule has 96 valence electrons. The molecule has 0 radical (unpaired) electrons. The Morgan fingerprint density at radius 3 is 2.84 bits per heavy atom. The van der Waals surface area contributed by atoms with E-state index in [4.69, 9.17) is 5.26 Å². The molecule has 0 aliphatic rings. The van der Waals surface area contributed by atoms with Crippen LogP contribution in [0.2, 0.25) is 0 Å². The summed E-state index contributed by atoms with van der Waals surface area (Å²) in [7, 11) is 0. The van der Waals surface area contributed by atoms with Crippen molar-refractivity contribution in [3.05, 3.63) is 41.4 Å². The molecule has 6 heteroatoms. The number of alkyl halides is 2. The van der Waals surface area contributed by atoms with Crippen LogP contribution in [0.3, 0.4) is 0 Å². The third kappa shape index (κ3) is 2.95. The van der Waals surface area contributed by atoms with E-state index in [0.717, 1.165) is 4.88 Å². The summed E-state index contributed by atoms with van der Waals surface area (Å²) in [5.41, 5.74) is 0.726. The van der Waals surface area contributed by atoms with Gasteiger partial charge >= 0.3 is 6.61 Å². The van der Waals surface area contributed by atoms with Gasteiger partial charge in [-0.05, 0) is 18.2 Å². The maximum atomic E-state index is 12.3. The van der Waals surface area contributed by atoms with Crippen molar-refractivity contribution in [1.29, 1.82) is 5.26 Å². The van der Waals surface area contributed by atoms with Crippen LogP contribution in [0.5, 0.6) is 5.75 Å². The van der Waals surface area contributed by atoms with Crippen molar-refractivity contribution in [1.82, 2.24) is 4.98 Å². The predicted molar refractivity (Wildman–Crippen MR) is 69.0 cm³/mol. The summed E-state index contributed by atoms with van der Waals surface area (Å²) in [5, 5.41) is 9.36. The van der Waals surface area contributed by atoms with Gasteiger partial charge in [0.25, 0.3) is 0 Å². The van der Waals surface area contributed by atoms with Crippen LogP contribution < -0.4 is 4.74 Å². The smallest absolute Gasteiger partial charge is 0.387 e. The third-order valence-corrected chi connectivity index (χ3v) is 3.31. The lowest BCUT2D eigenvalue weighted by atomic mass is 10.1. The first-order chi connectivity index (χ1) is 9.13. The molecule has 0 amide bonds. The van der Waals surface area contributed by atoms with Crippen LogP contribution in [-0.4, -0.2) is 11.6 Å². The van der Waals surface area contributed by atoms with E-state index in [1.165, 1.54) is 29.5 Å². The number of benzene rings is 1. The summed E-state index contributed by atoms with van der Waals surface area (Å²) in [4.78, 5) is 4.92. The van der Waals surface area contributed by atoms with Crippen LogP contribution in [0.1, 0.15) is 10.4 Å². The Labute approximate surface area is 112 Å². The Balaban J connectivity index is 2.51. The SMILES string of the molecule is C=Cc1cnc(-c2cc(C#N)ccc2OC(F)F)s1. The molecule has 0 fully saturated rings. The molecule has 0 aliphatic carbocycles. The Kier molecular flexibility index (Phi) is 3.88. The van der Waals surface area contributed by atoms with Gasteiger partial charge in [0.05, 0.1) is 17.2 Å². The highest BCUT2D eigenvalue weighted by atomic mass is 32.1. The third-order valence-electron chi connectivity index (χ3n) is 2.28. The van der Waals surface area contributed by atoms with Crippen molar-refractivity contribution >= 4 is 17.4 Å². The zero-order valence-corrected chi connectivity index (χ0v) is 10.5. The van der Waals surface area contributed by atoms with Crippen LogP contribution in [0, 0.1) is 11.3 Å². The Bertz CT molecular complexity index is 646. The first-order valence-corrected chi connectivity index (χ1v) is 6.03. The Hall–Kier alpha value is -2.26. The number of nitrogens with zero attached hydrogens (tertiary/aromatic N) is 2. The highest BCUT2D eigenvalue weighted by Crippen LogP contribution is 2.34. The van der Waals surface area contributed by atoms with Gasteiger partial charge in [-0.2, -0.15) is 14.0 Å². The number of thiazole rings is 1. The van der Waals surface area contributed by atoms with E-state index in [9.17, 15) is 8.78 Å². The maximum Gasteiger partial charge on any atom is 0.387 e. The molecule has 2 aromatic rings. The molecule has 1 heterocycles. The zero-order chi connectivity index (χ0) is 13.8. The number of aromatic nitrogens is 1. The fraction of sp³-hybridized carbons (Fsp3) is 0.0769. The highest BCUT2D eigenvalue weighted by Gasteiger charge is 2.14. The molecular formula is C13H8F2N2OS. The van der Waals surface area contributed by atoms with Crippen molar-refractivity contribution in [2.24, 2.45) is 0 Å². The quantitative estimate of drug-likeness (QED) is 0.851. The van der Waals surface area contributed by atoms with Gasteiger partial charge < -0.3 is 4.74 Å². The number of hydrogen-bond donors (Lipinski definition) is 0. The molecule has 3 nitrogen and oxygen atoms in total. The molecule has 0 unspecified atom stereocenters. The van der Waals surface area contributed by atoms with Crippen LogP contribution in [0.15, 0.2) is 31.0 Å². The van der Waals surface area contributed by atoms with Gasteiger partial charge in [0.15, 0.2) is 0 Å². The van der Waals surface area contributed by atoms with Crippen molar-refractivity contribution in [2.75, 3.05) is 0 Å². The second-order valence-electron chi connectivity index (χ2n) is 3.47. The van der Waals surface area contributed by atoms with E-state index in [0.29, 0.717) is 16.1 Å². The maximum absolute atomic E-state index is 12.3. The average Bonchev–Trinajstić information content (AvgIpc) is 2.87. The van der Waals surface area contributed by atoms with Crippen molar-refractivity contribution in [3.8, 4) is 22.4 Å². The second-order valence-corrected chi connectivity index (χ2v) is 4.54. The lowest BCUT2D eigenvalue weighted by molar-refractivity contribution is -0.0494. The summed E-state index contributed by atoms with van der Waals surface area (Å²) < 4.78 is 29.1. The first-order valence-electron chi connectivity index (χ1n) is 5.21. The molecule has 1 aromatic carbocycles. The number of rotatable bonds is 4. The number of hydrogen-bond acceptors (Lipinski definition) is 4. The fourth-order valence-corrected chi connectivity index (χ4v) is 2.26. The molecule has 0 aliphatic heterocycles. The van der Waals surface area contributed by atoms with Gasteiger partial charge in [-0.3, -0.25) is 0 Å². The molecule has 0 saturated carbocycles. The van der Waals surface area contributed by atoms with Gasteiger partial charge in [0.2, 0.25) is 0 Å². The van der Waals surface area contributed by atoms with Crippen molar-refractivity contribution < 1.29 is 13.5 Å². The minimum atomic E-state index is -2.93. The molecular weight excluding hydrogens is 270 g/mol. The van der Waals surface area contributed by atoms with E-state index in [1.807, 2.05) is 6.07 Å². The minimum absolute atomic E-state index is 0.000961. The van der Waals surface area contributed by atoms with Gasteiger partial charge in [0, 0.05) is 11.1 Å². The Morgan fingerprint density at radius 2 is 2.26 bits per heavy atom. The minimum Gasteiger partial charge on any atom is -0.434 e. The largest absolute Gasteiger partial charge is 0.434 e. The molecule has 2 rings (SSSR count). The van der Waals surface area contributed by atoms with Crippen LogP contribution in [0.4, 0.5) is 8.78 Å². The van der Waals surface area contributed by atoms with Gasteiger partial charge in [-0.25, -0.2) is 4.98 Å². The summed E-state index contributed by atoms with van der Waals surface area (Å²) in [6.07, 6.45) is 3.20. The first kappa shape index (κ1) is 13.2. The highest BCUT2D eigenvalue weighted by molar-refractivity contribution is 7.15. The van der Waals surface area contributed by atoms with E-state index < -0.39 is 6.61 Å². The summed E-state index contributed by atoms with van der Waals surface area (Å²) in [6.45, 7) is 0.684. The lowest BCUT2D eigenvalue weighted by Gasteiger charge is -2.08. The van der Waals surface area contributed by atoms with Crippen LogP contribution in [0.25, 0.3) is 16.6 Å². The van der Waals surface area contributed by atoms with Crippen molar-refractivity contribution in [2.45, 2.75) is 6.61 Å². The standard InChI is InChI=1S/C13H8F2N2OS/c1-2-9-7-17-12(19-9)10-5-8(6-16)3-4-11(10)18-13(14)15/h2-5,7,13H,1H2. The van der Waals surface area contributed by atoms with Gasteiger partial charge in [-0.1, -0.05) is 12.7 Å². The topological polar surface area (TPSA) is 45.9 Å². The molecule has 0 saturated heterocycles. The summed E-state index contributed by atoms with van der Waals surface area (Å²) >= 11 is 1.28. The number of ether oxygens (including phenoxy) is 1. The van der Waals surface area contributed by atoms with Crippen LogP contribution >= 0.6 is 11.3 Å². The van der Waals surface area contributed by atoms with E-state index in [2.05, 4.69) is 16.3 Å². The fourth-order valence-electron chi connectivity index (χ4n) is 1.47. The molecule has 0 atom stereocenters. The van der Waals surface area contributed by atoms with E-state index in [-0.39, 0.29) is 5.75 Å². The number of nitriles is 1. The molecule has 0 spiro atoms. The lowest BCUT2D eigenvalue weighted by Crippen LogP contribution is -2.03. The average molecular weight is 278 g/mol. The van der Waals surface area contributed by atoms with Crippen molar-refractivity contribution in [3.63, 3.8) is 0 Å². The summed E-state index contributed by atoms with van der Waals surface area (Å²) in [6, 6.07) is 6.19. The van der Waals surface area contributed by atoms with Crippen LogP contribution in [-0.2, 0) is 0 Å². The van der Waals surface area contributed by atoms with Gasteiger partial charge in [-0.15, -0.1) is 11.3 Å². The monoisotopic (exact) mass is 278 g/mol. The molecule has 1 aromatic heterocycles. The van der Waals surface area contributed by atoms with Gasteiger partial charge in [0.1, 0.15) is 10.8 Å². The zero-order valence-electron chi connectivity index (χ0n) is 9.64. The predicted octanol–water partition coefficient (Wildman–Crippen LogP) is 3.93. The molecule has 0 bridgehead atoms.